The number of allylic oxidation sites excluding steroid dienone is 1. The first-order chi connectivity index (χ1) is 8.56. The van der Waals surface area contributed by atoms with Gasteiger partial charge >= 0.3 is 0 Å². The van der Waals surface area contributed by atoms with Crippen molar-refractivity contribution in [3.63, 3.8) is 0 Å². The quantitative estimate of drug-likeness (QED) is 0.416. The van der Waals surface area contributed by atoms with E-state index >= 15 is 0 Å². The summed E-state index contributed by atoms with van der Waals surface area (Å²) in [5.41, 5.74) is 0.599. The topological polar surface area (TPSA) is 34.1 Å². The van der Waals surface area contributed by atoms with E-state index in [4.69, 9.17) is 0 Å². The Morgan fingerprint density at radius 1 is 1.22 bits per heavy atom. The molecule has 0 radical (unpaired) electrons. The number of benzene rings is 1. The molecule has 1 unspecified atom stereocenters. The van der Waals surface area contributed by atoms with Gasteiger partial charge in [-0.25, -0.2) is 0 Å². The normalized spacial score (nSPS) is 12.2. The highest BCUT2D eigenvalue weighted by Crippen LogP contribution is 2.18. The molecule has 1 atom stereocenters. The molecule has 0 bridgehead atoms. The molecule has 0 aliphatic heterocycles. The number of Topliss-reactive ketones (excluding diaryl/α,β-unsaturated/α-hetero) is 2. The van der Waals surface area contributed by atoms with Gasteiger partial charge in [0.2, 0.25) is 0 Å². The maximum absolute atomic E-state index is 12.3. The molecule has 18 heavy (non-hydrogen) atoms. The molecule has 0 fully saturated rings. The molecule has 2 nitrogen and oxygen atoms in total. The van der Waals surface area contributed by atoms with Crippen LogP contribution in [0.4, 0.5) is 0 Å². The SMILES string of the molecule is C=CCC(C(=O)CC(C)C)C(=O)c1ccccc1. The first-order valence-corrected chi connectivity index (χ1v) is 6.29. The van der Waals surface area contributed by atoms with Crippen LogP contribution in [0.25, 0.3) is 0 Å². The molecule has 1 aromatic rings. The van der Waals surface area contributed by atoms with E-state index in [2.05, 4.69) is 6.58 Å². The molecule has 0 aliphatic carbocycles. The average Bonchev–Trinajstić information content (AvgIpc) is 2.35. The predicted octanol–water partition coefficient (Wildman–Crippen LogP) is 3.68. The largest absolute Gasteiger partial charge is 0.299 e. The summed E-state index contributed by atoms with van der Waals surface area (Å²) in [6.07, 6.45) is 2.50. The minimum absolute atomic E-state index is 0.0127. The Hall–Kier alpha value is -1.70. The second kappa shape index (κ2) is 6.90. The van der Waals surface area contributed by atoms with Gasteiger partial charge in [0.15, 0.2) is 5.78 Å². The standard InChI is InChI=1S/C16H20O2/c1-4-8-14(15(17)11-12(2)3)16(18)13-9-6-5-7-10-13/h4-7,9-10,12,14H,1,8,11H2,2-3H3. The fraction of sp³-hybridized carbons (Fsp3) is 0.375. The van der Waals surface area contributed by atoms with Crippen LogP contribution in [0.15, 0.2) is 43.0 Å². The van der Waals surface area contributed by atoms with Gasteiger partial charge in [0.05, 0.1) is 5.92 Å². The van der Waals surface area contributed by atoms with Gasteiger partial charge in [0.25, 0.3) is 0 Å². The zero-order valence-corrected chi connectivity index (χ0v) is 11.1. The van der Waals surface area contributed by atoms with Gasteiger partial charge in [-0.05, 0) is 12.3 Å². The summed E-state index contributed by atoms with van der Waals surface area (Å²) in [7, 11) is 0. The molecule has 0 N–H and O–H groups in total. The Morgan fingerprint density at radius 2 is 1.83 bits per heavy atom. The predicted molar refractivity (Wildman–Crippen MR) is 73.5 cm³/mol. The zero-order valence-electron chi connectivity index (χ0n) is 11.1. The third-order valence-electron chi connectivity index (χ3n) is 2.78. The van der Waals surface area contributed by atoms with E-state index in [9.17, 15) is 9.59 Å². The van der Waals surface area contributed by atoms with Gasteiger partial charge < -0.3 is 0 Å². The highest BCUT2D eigenvalue weighted by atomic mass is 16.1. The molecule has 2 heteroatoms. The molecule has 0 aromatic heterocycles. The number of hydrogen-bond acceptors (Lipinski definition) is 2. The Morgan fingerprint density at radius 3 is 2.33 bits per heavy atom. The van der Waals surface area contributed by atoms with E-state index in [-0.39, 0.29) is 17.5 Å². The molecule has 1 aromatic carbocycles. The Bertz CT molecular complexity index is 418. The molecule has 0 saturated carbocycles. The summed E-state index contributed by atoms with van der Waals surface area (Å²) >= 11 is 0. The van der Waals surface area contributed by atoms with Crippen LogP contribution in [-0.2, 0) is 4.79 Å². The maximum atomic E-state index is 12.3. The second-order valence-corrected chi connectivity index (χ2v) is 4.87. The molecule has 0 spiro atoms. The van der Waals surface area contributed by atoms with Crippen LogP contribution < -0.4 is 0 Å². The van der Waals surface area contributed by atoms with Crippen LogP contribution in [0, 0.1) is 11.8 Å². The van der Waals surface area contributed by atoms with Crippen LogP contribution in [0.3, 0.4) is 0 Å². The van der Waals surface area contributed by atoms with Crippen LogP contribution >= 0.6 is 0 Å². The molecular weight excluding hydrogens is 224 g/mol. The lowest BCUT2D eigenvalue weighted by Crippen LogP contribution is -2.25. The van der Waals surface area contributed by atoms with E-state index < -0.39 is 5.92 Å². The van der Waals surface area contributed by atoms with E-state index in [1.165, 1.54) is 0 Å². The lowest BCUT2D eigenvalue weighted by Gasteiger charge is -2.14. The fourth-order valence-corrected chi connectivity index (χ4v) is 1.90. The molecule has 96 valence electrons. The Labute approximate surface area is 109 Å². The van der Waals surface area contributed by atoms with E-state index in [1.807, 2.05) is 32.0 Å². The summed E-state index contributed by atoms with van der Waals surface area (Å²) in [6.45, 7) is 7.60. The summed E-state index contributed by atoms with van der Waals surface area (Å²) in [6, 6.07) is 8.98. The minimum Gasteiger partial charge on any atom is -0.299 e. The van der Waals surface area contributed by atoms with Crippen LogP contribution in [0.5, 0.6) is 0 Å². The van der Waals surface area contributed by atoms with Crippen molar-refractivity contribution in [2.24, 2.45) is 11.8 Å². The molecule has 0 amide bonds. The van der Waals surface area contributed by atoms with Crippen molar-refractivity contribution in [3.05, 3.63) is 48.6 Å². The first kappa shape index (κ1) is 14.4. The van der Waals surface area contributed by atoms with Gasteiger partial charge in [-0.1, -0.05) is 50.3 Å². The van der Waals surface area contributed by atoms with E-state index in [0.29, 0.717) is 18.4 Å². The van der Waals surface area contributed by atoms with Gasteiger partial charge in [0, 0.05) is 12.0 Å². The van der Waals surface area contributed by atoms with Gasteiger partial charge in [-0.2, -0.15) is 0 Å². The van der Waals surface area contributed by atoms with Crippen LogP contribution in [0.1, 0.15) is 37.0 Å². The van der Waals surface area contributed by atoms with Crippen molar-refractivity contribution < 1.29 is 9.59 Å². The highest BCUT2D eigenvalue weighted by molar-refractivity contribution is 6.10. The number of rotatable bonds is 7. The van der Waals surface area contributed by atoms with Crippen LogP contribution in [-0.4, -0.2) is 11.6 Å². The van der Waals surface area contributed by atoms with Crippen molar-refractivity contribution in [3.8, 4) is 0 Å². The maximum Gasteiger partial charge on any atom is 0.173 e. The zero-order chi connectivity index (χ0) is 13.5. The number of hydrogen-bond donors (Lipinski definition) is 0. The van der Waals surface area contributed by atoms with Crippen molar-refractivity contribution >= 4 is 11.6 Å². The third-order valence-corrected chi connectivity index (χ3v) is 2.78. The summed E-state index contributed by atoms with van der Waals surface area (Å²) in [4.78, 5) is 24.4. The molecule has 0 saturated heterocycles. The van der Waals surface area contributed by atoms with Crippen LogP contribution in [0.2, 0.25) is 0 Å². The number of carbonyl (C=O) groups is 2. The van der Waals surface area contributed by atoms with Crippen molar-refractivity contribution in [1.29, 1.82) is 0 Å². The number of carbonyl (C=O) groups excluding carboxylic acids is 2. The molecule has 0 heterocycles. The average molecular weight is 244 g/mol. The van der Waals surface area contributed by atoms with Gasteiger partial charge in [-0.15, -0.1) is 6.58 Å². The molecule has 0 aliphatic rings. The van der Waals surface area contributed by atoms with E-state index in [1.54, 1.807) is 18.2 Å². The fourth-order valence-electron chi connectivity index (χ4n) is 1.90. The second-order valence-electron chi connectivity index (χ2n) is 4.87. The van der Waals surface area contributed by atoms with Crippen molar-refractivity contribution in [2.45, 2.75) is 26.7 Å². The molecule has 1 rings (SSSR count). The number of ketones is 2. The summed E-state index contributed by atoms with van der Waals surface area (Å²) in [5, 5.41) is 0. The lowest BCUT2D eigenvalue weighted by molar-refractivity contribution is -0.122. The summed E-state index contributed by atoms with van der Waals surface area (Å²) in [5.74, 6) is -0.388. The summed E-state index contributed by atoms with van der Waals surface area (Å²) < 4.78 is 0. The molecular formula is C16H20O2. The lowest BCUT2D eigenvalue weighted by atomic mass is 9.87. The Kier molecular flexibility index (Phi) is 5.50. The monoisotopic (exact) mass is 244 g/mol. The highest BCUT2D eigenvalue weighted by Gasteiger charge is 2.26. The minimum atomic E-state index is -0.577. The van der Waals surface area contributed by atoms with Crippen molar-refractivity contribution in [2.75, 3.05) is 0 Å². The van der Waals surface area contributed by atoms with E-state index in [0.717, 1.165) is 0 Å². The third kappa shape index (κ3) is 3.95. The first-order valence-electron chi connectivity index (χ1n) is 6.29. The Balaban J connectivity index is 2.88. The van der Waals surface area contributed by atoms with Crippen molar-refractivity contribution in [1.82, 2.24) is 0 Å². The smallest absolute Gasteiger partial charge is 0.173 e. The van der Waals surface area contributed by atoms with Gasteiger partial charge in [-0.3, -0.25) is 9.59 Å². The van der Waals surface area contributed by atoms with Gasteiger partial charge in [0.1, 0.15) is 5.78 Å².